The lowest BCUT2D eigenvalue weighted by atomic mass is 10.0. The van der Waals surface area contributed by atoms with Gasteiger partial charge in [0.25, 0.3) is 11.8 Å². The molecule has 0 atom stereocenters. The van der Waals surface area contributed by atoms with Crippen LogP contribution in [0.25, 0.3) is 0 Å². The summed E-state index contributed by atoms with van der Waals surface area (Å²) in [4.78, 5) is 26.5. The molecule has 142 valence electrons. The summed E-state index contributed by atoms with van der Waals surface area (Å²) in [5.74, 6) is -2.21. The lowest BCUT2D eigenvalue weighted by molar-refractivity contribution is 0.0697. The van der Waals surface area contributed by atoms with E-state index in [-0.39, 0.29) is 23.4 Å². The number of carbonyl (C=O) groups excluding carboxylic acids is 2. The van der Waals surface area contributed by atoms with Gasteiger partial charge in [-0.15, -0.1) is 0 Å². The molecule has 0 radical (unpaired) electrons. The van der Waals surface area contributed by atoms with Crippen LogP contribution in [0.1, 0.15) is 39.1 Å². The smallest absolute Gasteiger partial charge is 0.254 e. The molecule has 2 aromatic rings. The number of benzene rings is 2. The van der Waals surface area contributed by atoms with E-state index in [1.54, 1.807) is 11.0 Å². The predicted molar refractivity (Wildman–Crippen MR) is 99.0 cm³/mol. The third-order valence-electron chi connectivity index (χ3n) is 4.71. The maximum Gasteiger partial charge on any atom is 0.254 e. The zero-order valence-corrected chi connectivity index (χ0v) is 15.0. The Labute approximate surface area is 156 Å². The van der Waals surface area contributed by atoms with Crippen molar-refractivity contribution < 1.29 is 24.9 Å². The number of phenols is 3. The molecule has 0 unspecified atom stereocenters. The molecule has 2 amide bonds. The molecule has 1 fully saturated rings. The summed E-state index contributed by atoms with van der Waals surface area (Å²) in [6, 6.07) is 9.60. The van der Waals surface area contributed by atoms with Crippen LogP contribution in [0.15, 0.2) is 36.4 Å². The molecule has 1 heterocycles. The Hall–Kier alpha value is -3.22. The van der Waals surface area contributed by atoms with E-state index >= 15 is 0 Å². The van der Waals surface area contributed by atoms with E-state index in [1.807, 2.05) is 25.1 Å². The number of hydrogen-bond acceptors (Lipinski definition) is 5. The van der Waals surface area contributed by atoms with Crippen LogP contribution in [0.4, 0.5) is 0 Å². The minimum Gasteiger partial charge on any atom is -0.504 e. The molecule has 0 saturated carbocycles. The molecule has 0 aromatic heterocycles. The highest BCUT2D eigenvalue weighted by Crippen LogP contribution is 2.35. The summed E-state index contributed by atoms with van der Waals surface area (Å²) < 4.78 is 0. The number of aromatic hydroxyl groups is 3. The second-order valence-electron chi connectivity index (χ2n) is 6.77. The summed E-state index contributed by atoms with van der Waals surface area (Å²) in [5, 5.41) is 31.5. The number of likely N-dealkylation sites (tertiary alicyclic amines) is 1. The molecular weight excluding hydrogens is 348 g/mol. The average Bonchev–Trinajstić information content (AvgIpc) is 2.65. The summed E-state index contributed by atoms with van der Waals surface area (Å²) in [5.41, 5.74) is 1.73. The van der Waals surface area contributed by atoms with E-state index in [2.05, 4.69) is 5.32 Å². The fourth-order valence-corrected chi connectivity index (χ4v) is 3.19. The van der Waals surface area contributed by atoms with E-state index in [0.717, 1.165) is 17.7 Å². The largest absolute Gasteiger partial charge is 0.504 e. The standard InChI is InChI=1S/C20H22N2O5/c1-12-3-2-4-13(9-12)19(26)21-15-5-7-22(8-6-15)20(27)14-10-16(23)18(25)17(24)11-14/h2-4,9-11,15,23-25H,5-8H2,1H3,(H,21,26). The lowest BCUT2D eigenvalue weighted by Crippen LogP contribution is -2.46. The molecule has 27 heavy (non-hydrogen) atoms. The van der Waals surface area contributed by atoms with E-state index < -0.39 is 17.2 Å². The van der Waals surface area contributed by atoms with Gasteiger partial charge in [0.1, 0.15) is 0 Å². The SMILES string of the molecule is Cc1cccc(C(=O)NC2CCN(C(=O)c3cc(O)c(O)c(O)c3)CC2)c1. The number of carbonyl (C=O) groups is 2. The highest BCUT2D eigenvalue weighted by Gasteiger charge is 2.26. The Morgan fingerprint density at radius 1 is 1.00 bits per heavy atom. The van der Waals surface area contributed by atoms with Gasteiger partial charge in [0.2, 0.25) is 0 Å². The van der Waals surface area contributed by atoms with E-state index in [4.69, 9.17) is 0 Å². The second kappa shape index (κ2) is 7.57. The Bertz CT molecular complexity index is 849. The van der Waals surface area contributed by atoms with Crippen LogP contribution >= 0.6 is 0 Å². The van der Waals surface area contributed by atoms with Crippen molar-refractivity contribution in [3.05, 3.63) is 53.1 Å². The summed E-state index contributed by atoms with van der Waals surface area (Å²) >= 11 is 0. The topological polar surface area (TPSA) is 110 Å². The van der Waals surface area contributed by atoms with Crippen LogP contribution in [-0.4, -0.2) is 51.2 Å². The molecule has 1 aliphatic heterocycles. The molecule has 0 aliphatic carbocycles. The van der Waals surface area contributed by atoms with Crippen LogP contribution in [0.2, 0.25) is 0 Å². The van der Waals surface area contributed by atoms with Crippen molar-refractivity contribution in [1.82, 2.24) is 10.2 Å². The van der Waals surface area contributed by atoms with Gasteiger partial charge < -0.3 is 25.5 Å². The quantitative estimate of drug-likeness (QED) is 0.619. The molecule has 3 rings (SSSR count). The summed E-state index contributed by atoms with van der Waals surface area (Å²) in [7, 11) is 0. The second-order valence-corrected chi connectivity index (χ2v) is 6.77. The Balaban J connectivity index is 1.58. The first kappa shape index (κ1) is 18.6. The number of phenolic OH excluding ortho intramolecular Hbond substituents is 3. The Morgan fingerprint density at radius 3 is 2.22 bits per heavy atom. The number of nitrogens with one attached hydrogen (secondary N) is 1. The minimum atomic E-state index is -0.649. The third kappa shape index (κ3) is 4.13. The number of aryl methyl sites for hydroxylation is 1. The zero-order valence-electron chi connectivity index (χ0n) is 15.0. The number of nitrogens with zero attached hydrogens (tertiary/aromatic N) is 1. The van der Waals surface area contributed by atoms with Crippen molar-refractivity contribution in [1.29, 1.82) is 0 Å². The molecular formula is C20H22N2O5. The fourth-order valence-electron chi connectivity index (χ4n) is 3.19. The predicted octanol–water partition coefficient (Wildman–Crippen LogP) is 2.15. The molecule has 7 heteroatoms. The lowest BCUT2D eigenvalue weighted by Gasteiger charge is -2.32. The van der Waals surface area contributed by atoms with Crippen molar-refractivity contribution in [2.24, 2.45) is 0 Å². The molecule has 4 N–H and O–H groups in total. The first-order chi connectivity index (χ1) is 12.8. The van der Waals surface area contributed by atoms with Crippen LogP contribution < -0.4 is 5.32 Å². The van der Waals surface area contributed by atoms with E-state index in [9.17, 15) is 24.9 Å². The molecule has 7 nitrogen and oxygen atoms in total. The normalized spacial score (nSPS) is 14.8. The van der Waals surface area contributed by atoms with E-state index in [0.29, 0.717) is 31.5 Å². The zero-order chi connectivity index (χ0) is 19.6. The number of piperidine rings is 1. The van der Waals surface area contributed by atoms with Gasteiger partial charge in [0, 0.05) is 30.3 Å². The van der Waals surface area contributed by atoms with Crippen molar-refractivity contribution in [3.8, 4) is 17.2 Å². The molecule has 0 spiro atoms. The Morgan fingerprint density at radius 2 is 1.63 bits per heavy atom. The van der Waals surface area contributed by atoms with Crippen LogP contribution in [0, 0.1) is 6.92 Å². The van der Waals surface area contributed by atoms with Gasteiger partial charge in [0.15, 0.2) is 17.2 Å². The van der Waals surface area contributed by atoms with Crippen LogP contribution in [0.3, 0.4) is 0 Å². The Kier molecular flexibility index (Phi) is 5.21. The molecule has 1 aliphatic rings. The van der Waals surface area contributed by atoms with Crippen molar-refractivity contribution in [2.75, 3.05) is 13.1 Å². The minimum absolute atomic E-state index is 0.0244. The van der Waals surface area contributed by atoms with Gasteiger partial charge in [-0.2, -0.15) is 0 Å². The first-order valence-corrected chi connectivity index (χ1v) is 8.77. The van der Waals surface area contributed by atoms with Crippen LogP contribution in [-0.2, 0) is 0 Å². The highest BCUT2D eigenvalue weighted by molar-refractivity contribution is 5.96. The fraction of sp³-hybridized carbons (Fsp3) is 0.300. The molecule has 0 bridgehead atoms. The van der Waals surface area contributed by atoms with E-state index in [1.165, 1.54) is 0 Å². The monoisotopic (exact) mass is 370 g/mol. The number of rotatable bonds is 3. The van der Waals surface area contributed by atoms with Gasteiger partial charge in [-0.3, -0.25) is 9.59 Å². The van der Waals surface area contributed by atoms with Crippen molar-refractivity contribution >= 4 is 11.8 Å². The molecule has 2 aromatic carbocycles. The summed E-state index contributed by atoms with van der Waals surface area (Å²) in [6.07, 6.45) is 1.22. The van der Waals surface area contributed by atoms with Gasteiger partial charge >= 0.3 is 0 Å². The highest BCUT2D eigenvalue weighted by atomic mass is 16.3. The maximum atomic E-state index is 12.5. The van der Waals surface area contributed by atoms with Crippen molar-refractivity contribution in [3.63, 3.8) is 0 Å². The first-order valence-electron chi connectivity index (χ1n) is 8.77. The average molecular weight is 370 g/mol. The maximum absolute atomic E-state index is 12.5. The van der Waals surface area contributed by atoms with Gasteiger partial charge in [-0.25, -0.2) is 0 Å². The van der Waals surface area contributed by atoms with Gasteiger partial charge in [0.05, 0.1) is 0 Å². The third-order valence-corrected chi connectivity index (χ3v) is 4.71. The van der Waals surface area contributed by atoms with Gasteiger partial charge in [-0.1, -0.05) is 17.7 Å². The van der Waals surface area contributed by atoms with Crippen molar-refractivity contribution in [2.45, 2.75) is 25.8 Å². The molecule has 1 saturated heterocycles. The van der Waals surface area contributed by atoms with Crippen LogP contribution in [0.5, 0.6) is 17.2 Å². The number of hydrogen-bond donors (Lipinski definition) is 4. The number of amides is 2. The van der Waals surface area contributed by atoms with Gasteiger partial charge in [-0.05, 0) is 44.0 Å². The summed E-state index contributed by atoms with van der Waals surface area (Å²) in [6.45, 7) is 2.82.